The van der Waals surface area contributed by atoms with E-state index in [1.165, 1.54) is 16.5 Å². The highest BCUT2D eigenvalue weighted by Crippen LogP contribution is 2.37. The van der Waals surface area contributed by atoms with Crippen LogP contribution in [-0.2, 0) is 0 Å². The first-order chi connectivity index (χ1) is 22.7. The Bertz CT molecular complexity index is 2410. The summed E-state index contributed by atoms with van der Waals surface area (Å²) in [4.78, 5) is 13.8. The molecule has 214 valence electrons. The molecule has 0 aliphatic heterocycles. The number of aromatic nitrogens is 2. The predicted octanol–water partition coefficient (Wildman–Crippen LogP) is 11.7. The fourth-order valence-corrected chi connectivity index (χ4v) is 6.15. The predicted molar refractivity (Wildman–Crippen MR) is 190 cm³/mol. The van der Waals surface area contributed by atoms with Crippen LogP contribution in [0.2, 0.25) is 0 Å². The zero-order chi connectivity index (χ0) is 30.9. The van der Waals surface area contributed by atoms with E-state index in [1.54, 1.807) is 0 Å². The molecule has 0 atom stereocenters. The monoisotopic (exact) mass is 585 g/mol. The van der Waals surface area contributed by atoms with Crippen LogP contribution in [0, 0.1) is 6.57 Å². The highest BCUT2D eigenvalue weighted by atomic mass is 14.9. The number of nitrogens with zero attached hydrogens (tertiary/aromatic N) is 3. The van der Waals surface area contributed by atoms with Gasteiger partial charge in [0.15, 0.2) is 11.5 Å². The lowest BCUT2D eigenvalue weighted by Gasteiger charge is -2.14. The average Bonchev–Trinajstić information content (AvgIpc) is 3.14. The zero-order valence-electron chi connectivity index (χ0n) is 24.9. The van der Waals surface area contributed by atoms with Crippen LogP contribution in [0.5, 0.6) is 0 Å². The second kappa shape index (κ2) is 11.6. The Kier molecular flexibility index (Phi) is 6.87. The third-order valence-electron chi connectivity index (χ3n) is 8.51. The van der Waals surface area contributed by atoms with Crippen molar-refractivity contribution in [3.05, 3.63) is 175 Å². The van der Waals surface area contributed by atoms with Crippen molar-refractivity contribution in [3.63, 3.8) is 0 Å². The third-order valence-corrected chi connectivity index (χ3v) is 8.51. The molecule has 0 fully saturated rings. The number of benzene rings is 7. The molecule has 3 heteroatoms. The highest BCUT2D eigenvalue weighted by molar-refractivity contribution is 6.05. The summed E-state index contributed by atoms with van der Waals surface area (Å²) in [5.74, 6) is 0.697. The first kappa shape index (κ1) is 27.2. The van der Waals surface area contributed by atoms with Gasteiger partial charge in [-0.05, 0) is 62.0 Å². The quantitative estimate of drug-likeness (QED) is 0.188. The van der Waals surface area contributed by atoms with Crippen LogP contribution in [0.1, 0.15) is 0 Å². The summed E-state index contributed by atoms with van der Waals surface area (Å²) in [6, 6.07) is 56.6. The largest absolute Gasteiger partial charge is 0.238 e. The van der Waals surface area contributed by atoms with Crippen LogP contribution in [0.15, 0.2) is 164 Å². The lowest BCUT2D eigenvalue weighted by molar-refractivity contribution is 1.19. The van der Waals surface area contributed by atoms with Gasteiger partial charge in [0, 0.05) is 16.7 Å². The molecule has 0 unspecified atom stereocenters. The molecular formula is C43H27N3. The maximum atomic E-state index is 7.23. The van der Waals surface area contributed by atoms with Crippen LogP contribution in [0.25, 0.3) is 82.5 Å². The standard InChI is InChI=1S/C43H27N3/c1-44-36-22-20-29(21-23-36)32-16-17-34-27-35(19-18-33(34)26-32)41-28-42(46-43(45-41)31-12-6-3-7-13-31)40-25-24-37(30-10-4-2-5-11-30)38-14-8-9-15-39(38)40/h2-28H. The summed E-state index contributed by atoms with van der Waals surface area (Å²) in [5, 5.41) is 4.63. The van der Waals surface area contributed by atoms with E-state index in [4.69, 9.17) is 16.5 Å². The van der Waals surface area contributed by atoms with E-state index in [1.807, 2.05) is 42.5 Å². The highest BCUT2D eigenvalue weighted by Gasteiger charge is 2.15. The minimum absolute atomic E-state index is 0.647. The van der Waals surface area contributed by atoms with Crippen molar-refractivity contribution in [1.29, 1.82) is 0 Å². The second-order valence-electron chi connectivity index (χ2n) is 11.3. The Balaban J connectivity index is 1.26. The normalized spacial score (nSPS) is 11.0. The van der Waals surface area contributed by atoms with Gasteiger partial charge in [0.1, 0.15) is 0 Å². The van der Waals surface area contributed by atoms with Crippen molar-refractivity contribution in [3.8, 4) is 56.2 Å². The Morgan fingerprint density at radius 1 is 0.391 bits per heavy atom. The third kappa shape index (κ3) is 5.09. The van der Waals surface area contributed by atoms with Crippen molar-refractivity contribution in [2.45, 2.75) is 0 Å². The Labute approximate surface area is 267 Å². The van der Waals surface area contributed by atoms with Gasteiger partial charge in [-0.15, -0.1) is 0 Å². The topological polar surface area (TPSA) is 30.1 Å². The molecule has 1 aromatic heterocycles. The van der Waals surface area contributed by atoms with E-state index >= 15 is 0 Å². The van der Waals surface area contributed by atoms with Gasteiger partial charge in [0.25, 0.3) is 0 Å². The van der Waals surface area contributed by atoms with Crippen molar-refractivity contribution in [1.82, 2.24) is 9.97 Å². The summed E-state index contributed by atoms with van der Waals surface area (Å²) >= 11 is 0. The van der Waals surface area contributed by atoms with Crippen LogP contribution in [-0.4, -0.2) is 9.97 Å². The average molecular weight is 586 g/mol. The van der Waals surface area contributed by atoms with Crippen LogP contribution in [0.4, 0.5) is 5.69 Å². The second-order valence-corrected chi connectivity index (χ2v) is 11.3. The number of hydrogen-bond donors (Lipinski definition) is 0. The van der Waals surface area contributed by atoms with Crippen LogP contribution >= 0.6 is 0 Å². The van der Waals surface area contributed by atoms with E-state index in [9.17, 15) is 0 Å². The summed E-state index contributed by atoms with van der Waals surface area (Å²) in [6.45, 7) is 7.23. The van der Waals surface area contributed by atoms with Gasteiger partial charge in [0.2, 0.25) is 0 Å². The lowest BCUT2D eigenvalue weighted by Crippen LogP contribution is -1.97. The molecule has 0 aliphatic carbocycles. The maximum absolute atomic E-state index is 7.23. The molecule has 7 aromatic carbocycles. The fraction of sp³-hybridized carbons (Fsp3) is 0. The van der Waals surface area contributed by atoms with Gasteiger partial charge >= 0.3 is 0 Å². The minimum Gasteiger partial charge on any atom is -0.238 e. The van der Waals surface area contributed by atoms with Crippen molar-refractivity contribution >= 4 is 27.2 Å². The number of fused-ring (bicyclic) bond motifs is 2. The number of rotatable bonds is 5. The summed E-state index contributed by atoms with van der Waals surface area (Å²) in [7, 11) is 0. The molecule has 3 nitrogen and oxygen atoms in total. The van der Waals surface area contributed by atoms with Crippen molar-refractivity contribution < 1.29 is 0 Å². The molecule has 0 N–H and O–H groups in total. The molecule has 0 radical (unpaired) electrons. The molecule has 0 spiro atoms. The molecule has 0 bridgehead atoms. The zero-order valence-corrected chi connectivity index (χ0v) is 24.9. The van der Waals surface area contributed by atoms with Gasteiger partial charge in [-0.25, -0.2) is 14.8 Å². The van der Waals surface area contributed by atoms with E-state index in [0.717, 1.165) is 55.4 Å². The Hall–Kier alpha value is -6.37. The van der Waals surface area contributed by atoms with Gasteiger partial charge in [-0.1, -0.05) is 146 Å². The van der Waals surface area contributed by atoms with E-state index in [-0.39, 0.29) is 0 Å². The molecule has 46 heavy (non-hydrogen) atoms. The molecule has 8 rings (SSSR count). The van der Waals surface area contributed by atoms with Crippen LogP contribution in [0.3, 0.4) is 0 Å². The SMILES string of the molecule is [C-]#[N+]c1ccc(-c2ccc3cc(-c4cc(-c5ccc(-c6ccccc6)c6ccccc56)nc(-c5ccccc5)n4)ccc3c2)cc1. The van der Waals surface area contributed by atoms with Gasteiger partial charge < -0.3 is 0 Å². The summed E-state index contributed by atoms with van der Waals surface area (Å²) < 4.78 is 0. The minimum atomic E-state index is 0.647. The molecule has 0 aliphatic rings. The van der Waals surface area contributed by atoms with Crippen LogP contribution < -0.4 is 0 Å². The van der Waals surface area contributed by atoms with E-state index in [2.05, 4.69) is 126 Å². The Morgan fingerprint density at radius 2 is 0.935 bits per heavy atom. The summed E-state index contributed by atoms with van der Waals surface area (Å²) in [6.07, 6.45) is 0. The lowest BCUT2D eigenvalue weighted by atomic mass is 9.93. The van der Waals surface area contributed by atoms with Gasteiger partial charge in [-0.2, -0.15) is 0 Å². The molecule has 0 amide bonds. The van der Waals surface area contributed by atoms with Crippen molar-refractivity contribution in [2.24, 2.45) is 0 Å². The van der Waals surface area contributed by atoms with E-state index < -0.39 is 0 Å². The fourth-order valence-electron chi connectivity index (χ4n) is 6.15. The Morgan fingerprint density at radius 3 is 1.63 bits per heavy atom. The molecule has 0 saturated heterocycles. The smallest absolute Gasteiger partial charge is 0.187 e. The number of hydrogen-bond acceptors (Lipinski definition) is 2. The van der Waals surface area contributed by atoms with E-state index in [0.29, 0.717) is 11.5 Å². The molecular weight excluding hydrogens is 558 g/mol. The molecule has 8 aromatic rings. The summed E-state index contributed by atoms with van der Waals surface area (Å²) in [5.41, 5.74) is 10.1. The maximum Gasteiger partial charge on any atom is 0.187 e. The molecule has 0 saturated carbocycles. The first-order valence-electron chi connectivity index (χ1n) is 15.3. The van der Waals surface area contributed by atoms with Gasteiger partial charge in [-0.3, -0.25) is 0 Å². The van der Waals surface area contributed by atoms with Crippen molar-refractivity contribution in [2.75, 3.05) is 0 Å². The first-order valence-corrected chi connectivity index (χ1v) is 15.3. The molecule has 1 heterocycles. The van der Waals surface area contributed by atoms with Gasteiger partial charge in [0.05, 0.1) is 18.0 Å².